The van der Waals surface area contributed by atoms with Crippen LogP contribution in [0.5, 0.6) is 5.75 Å². The number of aliphatic hydroxyl groups excluding tert-OH is 2. The van der Waals surface area contributed by atoms with E-state index in [0.29, 0.717) is 23.6 Å². The maximum atomic E-state index is 10.9. The first-order valence-electron chi connectivity index (χ1n) is 10.1. The third-order valence-corrected chi connectivity index (χ3v) is 5.77. The Balaban J connectivity index is 1.49. The van der Waals surface area contributed by atoms with E-state index in [1.807, 2.05) is 37.3 Å². The Kier molecular flexibility index (Phi) is 6.08. The van der Waals surface area contributed by atoms with E-state index in [1.165, 1.54) is 0 Å². The molecule has 0 amide bonds. The molecule has 4 rings (SSSR count). The molecule has 5 atom stereocenters. The smallest absolute Gasteiger partial charge is 0.190 e. The molecule has 6 nitrogen and oxygen atoms in total. The van der Waals surface area contributed by atoms with Crippen molar-refractivity contribution in [1.29, 1.82) is 0 Å². The van der Waals surface area contributed by atoms with Crippen LogP contribution in [0.25, 0.3) is 0 Å². The predicted octanol–water partition coefficient (Wildman–Crippen LogP) is 3.60. The maximum absolute atomic E-state index is 10.9. The van der Waals surface area contributed by atoms with Crippen LogP contribution in [0.2, 0.25) is 5.02 Å². The molecule has 2 aliphatic heterocycles. The fraction of sp³-hybridized carbons (Fsp3) is 0.478. The summed E-state index contributed by atoms with van der Waals surface area (Å²) >= 11 is 6.40. The number of rotatable bonds is 6. The van der Waals surface area contributed by atoms with Gasteiger partial charge in [0.2, 0.25) is 0 Å². The van der Waals surface area contributed by atoms with Crippen molar-refractivity contribution >= 4 is 11.6 Å². The monoisotopic (exact) mass is 434 g/mol. The number of halogens is 1. The molecular formula is C23H27ClO6. The van der Waals surface area contributed by atoms with E-state index in [2.05, 4.69) is 0 Å². The van der Waals surface area contributed by atoms with Crippen LogP contribution in [0, 0.1) is 0 Å². The molecule has 0 radical (unpaired) electrons. The van der Waals surface area contributed by atoms with Crippen molar-refractivity contribution in [3.05, 3.63) is 64.2 Å². The highest BCUT2D eigenvalue weighted by Gasteiger charge is 2.56. The van der Waals surface area contributed by atoms with Gasteiger partial charge in [-0.1, -0.05) is 35.9 Å². The second-order valence-electron chi connectivity index (χ2n) is 8.11. The third-order valence-electron chi connectivity index (χ3n) is 5.40. The van der Waals surface area contributed by atoms with Gasteiger partial charge in [0.05, 0.1) is 6.61 Å². The molecule has 0 spiro atoms. The fourth-order valence-electron chi connectivity index (χ4n) is 3.97. The summed E-state index contributed by atoms with van der Waals surface area (Å²) in [5.41, 5.74) is 2.56. The molecule has 0 aliphatic carbocycles. The molecule has 2 aliphatic rings. The first kappa shape index (κ1) is 21.6. The summed E-state index contributed by atoms with van der Waals surface area (Å²) in [6.45, 7) is 6.09. The minimum atomic E-state index is -1.04. The van der Waals surface area contributed by atoms with E-state index >= 15 is 0 Å². The number of aliphatic hydroxyl groups is 2. The van der Waals surface area contributed by atoms with E-state index in [1.54, 1.807) is 26.0 Å². The van der Waals surface area contributed by atoms with E-state index in [-0.39, 0.29) is 0 Å². The van der Waals surface area contributed by atoms with Gasteiger partial charge in [-0.15, -0.1) is 0 Å². The lowest BCUT2D eigenvalue weighted by atomic mass is 9.96. The molecule has 7 heteroatoms. The van der Waals surface area contributed by atoms with Crippen molar-refractivity contribution in [2.75, 3.05) is 6.61 Å². The van der Waals surface area contributed by atoms with Gasteiger partial charge < -0.3 is 29.2 Å². The Labute approximate surface area is 181 Å². The first-order chi connectivity index (χ1) is 14.3. The molecule has 2 aromatic carbocycles. The molecule has 30 heavy (non-hydrogen) atoms. The van der Waals surface area contributed by atoms with Gasteiger partial charge in [0.15, 0.2) is 12.1 Å². The molecule has 1 unspecified atom stereocenters. The van der Waals surface area contributed by atoms with Crippen molar-refractivity contribution < 1.29 is 29.2 Å². The Morgan fingerprint density at radius 2 is 1.87 bits per heavy atom. The van der Waals surface area contributed by atoms with Gasteiger partial charge in [-0.3, -0.25) is 0 Å². The molecule has 0 bridgehead atoms. The highest BCUT2D eigenvalue weighted by atomic mass is 35.5. The zero-order chi connectivity index (χ0) is 21.5. The van der Waals surface area contributed by atoms with Crippen molar-refractivity contribution in [2.24, 2.45) is 0 Å². The highest BCUT2D eigenvalue weighted by molar-refractivity contribution is 6.31. The summed E-state index contributed by atoms with van der Waals surface area (Å²) in [6.07, 6.45) is -3.63. The van der Waals surface area contributed by atoms with Crippen LogP contribution < -0.4 is 4.74 Å². The number of ether oxygens (including phenoxy) is 4. The third kappa shape index (κ3) is 4.35. The van der Waals surface area contributed by atoms with E-state index in [0.717, 1.165) is 16.9 Å². The fourth-order valence-corrected chi connectivity index (χ4v) is 4.16. The van der Waals surface area contributed by atoms with Crippen molar-refractivity contribution in [3.63, 3.8) is 0 Å². The van der Waals surface area contributed by atoms with Gasteiger partial charge in [-0.25, -0.2) is 0 Å². The topological polar surface area (TPSA) is 77.4 Å². The van der Waals surface area contributed by atoms with Gasteiger partial charge in [0.25, 0.3) is 0 Å². The Bertz CT molecular complexity index is 884. The lowest BCUT2D eigenvalue weighted by Gasteiger charge is -2.26. The minimum absolute atomic E-state index is 0.603. The first-order valence-corrected chi connectivity index (χ1v) is 10.5. The molecule has 2 aromatic rings. The van der Waals surface area contributed by atoms with E-state index in [9.17, 15) is 10.2 Å². The van der Waals surface area contributed by atoms with E-state index < -0.39 is 36.5 Å². The Morgan fingerprint density at radius 3 is 2.53 bits per heavy atom. The summed E-state index contributed by atoms with van der Waals surface area (Å²) in [6, 6.07) is 13.2. The Hall–Kier alpha value is -1.67. The minimum Gasteiger partial charge on any atom is -0.494 e. The van der Waals surface area contributed by atoms with Crippen molar-refractivity contribution in [3.8, 4) is 5.75 Å². The number of fused-ring (bicyclic) bond motifs is 1. The summed E-state index contributed by atoms with van der Waals surface area (Å²) in [4.78, 5) is 0. The van der Waals surface area contributed by atoms with Crippen LogP contribution in [-0.4, -0.2) is 47.2 Å². The van der Waals surface area contributed by atoms with Crippen molar-refractivity contribution in [2.45, 2.75) is 63.7 Å². The van der Waals surface area contributed by atoms with Crippen LogP contribution in [0.4, 0.5) is 0 Å². The second kappa shape index (κ2) is 8.46. The normalized spacial score (nSPS) is 28.3. The zero-order valence-electron chi connectivity index (χ0n) is 17.2. The largest absolute Gasteiger partial charge is 0.494 e. The molecular weight excluding hydrogens is 408 g/mol. The highest BCUT2D eigenvalue weighted by Crippen LogP contribution is 2.41. The quantitative estimate of drug-likeness (QED) is 0.723. The summed E-state index contributed by atoms with van der Waals surface area (Å²) in [7, 11) is 0. The summed E-state index contributed by atoms with van der Waals surface area (Å²) in [5.74, 6) is -0.000683. The molecule has 162 valence electrons. The van der Waals surface area contributed by atoms with Gasteiger partial charge in [-0.05, 0) is 62.1 Å². The van der Waals surface area contributed by atoms with Gasteiger partial charge in [0.1, 0.15) is 30.2 Å². The Morgan fingerprint density at radius 1 is 1.13 bits per heavy atom. The van der Waals surface area contributed by atoms with Crippen LogP contribution in [0.3, 0.4) is 0 Å². The SMILES string of the molecule is CCOc1ccc(Cc2cc(C(O)[C@H]3O[C@H]4OC(C)(C)O[C@H]4[C@H]3O)ccc2Cl)cc1. The zero-order valence-corrected chi connectivity index (χ0v) is 18.0. The number of benzene rings is 2. The van der Waals surface area contributed by atoms with Gasteiger partial charge in [-0.2, -0.15) is 0 Å². The second-order valence-corrected chi connectivity index (χ2v) is 8.52. The molecule has 2 saturated heterocycles. The lowest BCUT2D eigenvalue weighted by molar-refractivity contribution is -0.226. The summed E-state index contributed by atoms with van der Waals surface area (Å²) < 4.78 is 22.6. The van der Waals surface area contributed by atoms with Crippen molar-refractivity contribution in [1.82, 2.24) is 0 Å². The average Bonchev–Trinajstić information content (AvgIpc) is 3.17. The van der Waals surface area contributed by atoms with Gasteiger partial charge in [0, 0.05) is 5.02 Å². The standard InChI is InChI=1S/C23H27ClO6/c1-4-27-16-8-5-13(6-9-16)11-15-12-14(7-10-17(15)24)18(25)20-19(26)21-22(28-20)30-23(2,3)29-21/h5-10,12,18-22,25-26H,4,11H2,1-3H3/t18?,19-,20+,21-,22-/m0/s1. The average molecular weight is 435 g/mol. The van der Waals surface area contributed by atoms with E-state index in [4.69, 9.17) is 30.5 Å². The maximum Gasteiger partial charge on any atom is 0.190 e. The number of hydrogen-bond acceptors (Lipinski definition) is 6. The molecule has 2 fully saturated rings. The van der Waals surface area contributed by atoms with Crippen LogP contribution >= 0.6 is 11.6 Å². The lowest BCUT2D eigenvalue weighted by Crippen LogP contribution is -2.37. The molecule has 0 saturated carbocycles. The van der Waals surface area contributed by atoms with Gasteiger partial charge >= 0.3 is 0 Å². The molecule has 2 heterocycles. The number of hydrogen-bond donors (Lipinski definition) is 2. The van der Waals surface area contributed by atoms with Crippen LogP contribution in [0.15, 0.2) is 42.5 Å². The molecule has 0 aromatic heterocycles. The predicted molar refractivity (Wildman–Crippen MR) is 112 cm³/mol. The van der Waals surface area contributed by atoms with Crippen LogP contribution in [0.1, 0.15) is 43.6 Å². The molecule has 2 N–H and O–H groups in total. The summed E-state index contributed by atoms with van der Waals surface area (Å²) in [5, 5.41) is 22.1. The van der Waals surface area contributed by atoms with Crippen LogP contribution in [-0.2, 0) is 20.6 Å².